The van der Waals surface area contributed by atoms with E-state index in [2.05, 4.69) is 36.0 Å². The summed E-state index contributed by atoms with van der Waals surface area (Å²) in [7, 11) is 0. The van der Waals surface area contributed by atoms with Gasteiger partial charge >= 0.3 is 0 Å². The van der Waals surface area contributed by atoms with E-state index in [9.17, 15) is 0 Å². The van der Waals surface area contributed by atoms with E-state index in [1.165, 1.54) is 5.56 Å². The molecule has 0 radical (unpaired) electrons. The summed E-state index contributed by atoms with van der Waals surface area (Å²) in [6.45, 7) is 5.43. The van der Waals surface area contributed by atoms with E-state index >= 15 is 0 Å². The molecule has 0 bridgehead atoms. The largest absolute Gasteiger partial charge is 0.314 e. The van der Waals surface area contributed by atoms with Crippen molar-refractivity contribution in [3.8, 4) is 0 Å². The predicted octanol–water partition coefficient (Wildman–Crippen LogP) is 2.29. The average Bonchev–Trinajstić information content (AvgIpc) is 2.40. The molecule has 0 fully saturated rings. The third-order valence-electron chi connectivity index (χ3n) is 1.67. The van der Waals surface area contributed by atoms with Crippen molar-refractivity contribution in [2.75, 3.05) is 6.54 Å². The van der Waals surface area contributed by atoms with E-state index in [0.717, 1.165) is 13.0 Å². The second-order valence-corrected chi connectivity index (χ2v) is 3.57. The Labute approximate surface area is 72.4 Å². The molecule has 11 heavy (non-hydrogen) atoms. The van der Waals surface area contributed by atoms with E-state index in [-0.39, 0.29) is 0 Å². The minimum absolute atomic E-state index is 0.606. The van der Waals surface area contributed by atoms with Crippen LogP contribution in [0.4, 0.5) is 0 Å². The Morgan fingerprint density at radius 1 is 1.64 bits per heavy atom. The lowest BCUT2D eigenvalue weighted by molar-refractivity contribution is 0.566. The standard InChI is InChI=1S/C9H15NS/c1-3-10-8(2)6-9-4-5-11-7-9/h4-5,7-8,10H,3,6H2,1-2H3/t8-/m1/s1. The molecule has 0 amide bonds. The zero-order valence-electron chi connectivity index (χ0n) is 7.13. The SMILES string of the molecule is CCN[C@H](C)Cc1ccsc1. The fourth-order valence-corrected chi connectivity index (χ4v) is 1.86. The van der Waals surface area contributed by atoms with Crippen molar-refractivity contribution < 1.29 is 0 Å². The van der Waals surface area contributed by atoms with E-state index in [1.807, 2.05) is 0 Å². The molecule has 0 saturated carbocycles. The summed E-state index contributed by atoms with van der Waals surface area (Å²) in [5.41, 5.74) is 1.45. The maximum absolute atomic E-state index is 3.39. The normalized spacial score (nSPS) is 13.3. The molecule has 1 aromatic heterocycles. The Hall–Kier alpha value is -0.340. The summed E-state index contributed by atoms with van der Waals surface area (Å²) in [6.07, 6.45) is 1.15. The molecule has 0 aliphatic carbocycles. The van der Waals surface area contributed by atoms with E-state index in [0.29, 0.717) is 6.04 Å². The van der Waals surface area contributed by atoms with Gasteiger partial charge in [-0.05, 0) is 42.3 Å². The average molecular weight is 169 g/mol. The first-order chi connectivity index (χ1) is 5.33. The lowest BCUT2D eigenvalue weighted by Crippen LogP contribution is -2.27. The number of likely N-dealkylation sites (N-methyl/N-ethyl adjacent to an activating group) is 1. The van der Waals surface area contributed by atoms with Crippen LogP contribution in [0.1, 0.15) is 19.4 Å². The Morgan fingerprint density at radius 3 is 3.00 bits per heavy atom. The second kappa shape index (κ2) is 4.52. The number of nitrogens with one attached hydrogen (secondary N) is 1. The first kappa shape index (κ1) is 8.75. The van der Waals surface area contributed by atoms with Crippen LogP contribution in [0.5, 0.6) is 0 Å². The lowest BCUT2D eigenvalue weighted by Gasteiger charge is -2.09. The highest BCUT2D eigenvalue weighted by Gasteiger charge is 2.00. The fraction of sp³-hybridized carbons (Fsp3) is 0.556. The Morgan fingerprint density at radius 2 is 2.45 bits per heavy atom. The van der Waals surface area contributed by atoms with Crippen LogP contribution in [-0.2, 0) is 6.42 Å². The van der Waals surface area contributed by atoms with Crippen molar-refractivity contribution in [3.05, 3.63) is 22.4 Å². The van der Waals surface area contributed by atoms with Crippen molar-refractivity contribution in [3.63, 3.8) is 0 Å². The summed E-state index contributed by atoms with van der Waals surface area (Å²) < 4.78 is 0. The molecular weight excluding hydrogens is 154 g/mol. The Bertz CT molecular complexity index is 181. The highest BCUT2D eigenvalue weighted by atomic mass is 32.1. The maximum Gasteiger partial charge on any atom is 0.00793 e. The smallest absolute Gasteiger partial charge is 0.00793 e. The zero-order valence-corrected chi connectivity index (χ0v) is 7.95. The Kier molecular flexibility index (Phi) is 3.60. The molecule has 1 atom stereocenters. The topological polar surface area (TPSA) is 12.0 Å². The van der Waals surface area contributed by atoms with Gasteiger partial charge in [-0.3, -0.25) is 0 Å². The van der Waals surface area contributed by atoms with Crippen molar-refractivity contribution in [1.82, 2.24) is 5.32 Å². The minimum Gasteiger partial charge on any atom is -0.314 e. The van der Waals surface area contributed by atoms with Crippen molar-refractivity contribution >= 4 is 11.3 Å². The molecule has 0 aromatic carbocycles. The number of hydrogen-bond donors (Lipinski definition) is 1. The molecule has 0 aliphatic heterocycles. The van der Waals surface area contributed by atoms with Gasteiger partial charge in [-0.15, -0.1) is 0 Å². The van der Waals surface area contributed by atoms with Crippen LogP contribution in [-0.4, -0.2) is 12.6 Å². The van der Waals surface area contributed by atoms with Crippen molar-refractivity contribution in [1.29, 1.82) is 0 Å². The summed E-state index contributed by atoms with van der Waals surface area (Å²) in [6, 6.07) is 2.80. The first-order valence-electron chi connectivity index (χ1n) is 4.07. The van der Waals surface area contributed by atoms with Gasteiger partial charge in [0, 0.05) is 6.04 Å². The van der Waals surface area contributed by atoms with Crippen LogP contribution < -0.4 is 5.32 Å². The first-order valence-corrected chi connectivity index (χ1v) is 5.01. The van der Waals surface area contributed by atoms with Gasteiger partial charge < -0.3 is 5.32 Å². The molecule has 1 aromatic rings. The van der Waals surface area contributed by atoms with Crippen LogP contribution >= 0.6 is 11.3 Å². The third-order valence-corrected chi connectivity index (χ3v) is 2.41. The van der Waals surface area contributed by atoms with Gasteiger partial charge in [0.25, 0.3) is 0 Å². The molecule has 0 unspecified atom stereocenters. The molecule has 1 rings (SSSR count). The number of hydrogen-bond acceptors (Lipinski definition) is 2. The highest BCUT2D eigenvalue weighted by molar-refractivity contribution is 7.07. The maximum atomic E-state index is 3.39. The molecule has 1 nitrogen and oxygen atoms in total. The van der Waals surface area contributed by atoms with Crippen LogP contribution in [0.2, 0.25) is 0 Å². The van der Waals surface area contributed by atoms with Crippen molar-refractivity contribution in [2.24, 2.45) is 0 Å². The van der Waals surface area contributed by atoms with Crippen LogP contribution in [0.25, 0.3) is 0 Å². The van der Waals surface area contributed by atoms with E-state index < -0.39 is 0 Å². The molecule has 1 N–H and O–H groups in total. The van der Waals surface area contributed by atoms with E-state index in [1.54, 1.807) is 11.3 Å². The van der Waals surface area contributed by atoms with Crippen LogP contribution in [0.15, 0.2) is 16.8 Å². The molecule has 0 saturated heterocycles. The highest BCUT2D eigenvalue weighted by Crippen LogP contribution is 2.08. The third kappa shape index (κ3) is 3.04. The molecular formula is C9H15NS. The molecule has 2 heteroatoms. The van der Waals surface area contributed by atoms with Gasteiger partial charge in [0.05, 0.1) is 0 Å². The number of rotatable bonds is 4. The lowest BCUT2D eigenvalue weighted by atomic mass is 10.1. The van der Waals surface area contributed by atoms with Gasteiger partial charge in [0.1, 0.15) is 0 Å². The van der Waals surface area contributed by atoms with Gasteiger partial charge in [0.2, 0.25) is 0 Å². The zero-order chi connectivity index (χ0) is 8.10. The van der Waals surface area contributed by atoms with Gasteiger partial charge in [-0.25, -0.2) is 0 Å². The van der Waals surface area contributed by atoms with Crippen LogP contribution in [0, 0.1) is 0 Å². The predicted molar refractivity (Wildman–Crippen MR) is 51.2 cm³/mol. The van der Waals surface area contributed by atoms with E-state index in [4.69, 9.17) is 0 Å². The fourth-order valence-electron chi connectivity index (χ4n) is 1.18. The van der Waals surface area contributed by atoms with Gasteiger partial charge in [-0.1, -0.05) is 6.92 Å². The summed E-state index contributed by atoms with van der Waals surface area (Å²) >= 11 is 1.77. The molecule has 0 spiro atoms. The second-order valence-electron chi connectivity index (χ2n) is 2.79. The van der Waals surface area contributed by atoms with Gasteiger partial charge in [0.15, 0.2) is 0 Å². The van der Waals surface area contributed by atoms with Crippen molar-refractivity contribution in [2.45, 2.75) is 26.3 Å². The summed E-state index contributed by atoms with van der Waals surface area (Å²) in [5, 5.41) is 7.74. The quantitative estimate of drug-likeness (QED) is 0.729. The molecule has 62 valence electrons. The monoisotopic (exact) mass is 169 g/mol. The minimum atomic E-state index is 0.606. The molecule has 0 aliphatic rings. The van der Waals surface area contributed by atoms with Crippen LogP contribution in [0.3, 0.4) is 0 Å². The number of thiophene rings is 1. The summed E-state index contributed by atoms with van der Waals surface area (Å²) in [4.78, 5) is 0. The Balaban J connectivity index is 2.31. The summed E-state index contributed by atoms with van der Waals surface area (Å²) in [5.74, 6) is 0. The molecule has 1 heterocycles. The van der Waals surface area contributed by atoms with Gasteiger partial charge in [-0.2, -0.15) is 11.3 Å².